The fraction of sp³-hybridized carbons (Fsp3) is 0.364. The molecule has 1 aromatic carbocycles. The second-order valence-corrected chi connectivity index (χ2v) is 2.99. The van der Waals surface area contributed by atoms with E-state index < -0.39 is 0 Å². The molecule has 0 aliphatic carbocycles. The SMILES string of the molecule is C=Nc1ccc(S)c(C)c1C.CC. The minimum atomic E-state index is 0.945. The van der Waals surface area contributed by atoms with E-state index in [4.69, 9.17) is 0 Å². The first kappa shape index (κ1) is 12.2. The number of benzene rings is 1. The fourth-order valence-corrected chi connectivity index (χ4v) is 1.21. The van der Waals surface area contributed by atoms with Crippen LogP contribution in [-0.2, 0) is 0 Å². The Kier molecular flexibility index (Phi) is 5.47. The maximum Gasteiger partial charge on any atom is 0.0654 e. The van der Waals surface area contributed by atoms with Crippen LogP contribution in [0.1, 0.15) is 25.0 Å². The molecule has 0 N–H and O–H groups in total. The highest BCUT2D eigenvalue weighted by molar-refractivity contribution is 7.80. The van der Waals surface area contributed by atoms with Crippen LogP contribution >= 0.6 is 12.6 Å². The summed E-state index contributed by atoms with van der Waals surface area (Å²) >= 11 is 4.29. The topological polar surface area (TPSA) is 12.4 Å². The normalized spacial score (nSPS) is 8.69. The number of hydrogen-bond donors (Lipinski definition) is 1. The van der Waals surface area contributed by atoms with Crippen molar-refractivity contribution < 1.29 is 0 Å². The molecule has 0 spiro atoms. The summed E-state index contributed by atoms with van der Waals surface area (Å²) in [5.41, 5.74) is 3.28. The lowest BCUT2D eigenvalue weighted by atomic mass is 10.1. The maximum atomic E-state index is 4.29. The van der Waals surface area contributed by atoms with Crippen LogP contribution < -0.4 is 0 Å². The Balaban J connectivity index is 0.000000671. The molecule has 0 bridgehead atoms. The molecule has 0 amide bonds. The molecule has 0 atom stereocenters. The standard InChI is InChI=1S/C9H11NS.C2H6/c1-6-7(2)9(11)5-4-8(6)10-3;1-2/h4-5,11H,3H2,1-2H3;1-2H3. The lowest BCUT2D eigenvalue weighted by Crippen LogP contribution is -1.82. The minimum absolute atomic E-state index is 0.945. The van der Waals surface area contributed by atoms with Gasteiger partial charge in [-0.1, -0.05) is 13.8 Å². The van der Waals surface area contributed by atoms with Crippen molar-refractivity contribution in [1.29, 1.82) is 0 Å². The summed E-state index contributed by atoms with van der Waals surface area (Å²) in [6.45, 7) is 11.5. The van der Waals surface area contributed by atoms with Gasteiger partial charge in [0.05, 0.1) is 5.69 Å². The van der Waals surface area contributed by atoms with Gasteiger partial charge in [-0.05, 0) is 43.8 Å². The monoisotopic (exact) mass is 195 g/mol. The summed E-state index contributed by atoms with van der Waals surface area (Å²) in [6, 6.07) is 3.87. The molecule has 0 aliphatic rings. The number of thiol groups is 1. The lowest BCUT2D eigenvalue weighted by Gasteiger charge is -2.05. The molecule has 2 heteroatoms. The third kappa shape index (κ3) is 2.88. The summed E-state index contributed by atoms with van der Waals surface area (Å²) < 4.78 is 0. The van der Waals surface area contributed by atoms with E-state index in [1.54, 1.807) is 0 Å². The second kappa shape index (κ2) is 5.81. The smallest absolute Gasteiger partial charge is 0.0654 e. The molecule has 0 aromatic heterocycles. The summed E-state index contributed by atoms with van der Waals surface area (Å²) in [6.07, 6.45) is 0. The van der Waals surface area contributed by atoms with Crippen LogP contribution in [-0.4, -0.2) is 6.72 Å². The third-order valence-corrected chi connectivity index (χ3v) is 2.38. The molecular weight excluding hydrogens is 178 g/mol. The third-order valence-electron chi connectivity index (χ3n) is 1.90. The molecular formula is C11H17NS. The molecule has 0 unspecified atom stereocenters. The van der Waals surface area contributed by atoms with Gasteiger partial charge in [-0.15, -0.1) is 12.6 Å². The molecule has 0 radical (unpaired) electrons. The van der Waals surface area contributed by atoms with Crippen LogP contribution in [0.5, 0.6) is 0 Å². The summed E-state index contributed by atoms with van der Waals surface area (Å²) in [7, 11) is 0. The van der Waals surface area contributed by atoms with Gasteiger partial charge < -0.3 is 0 Å². The molecule has 0 aliphatic heterocycles. The van der Waals surface area contributed by atoms with Crippen LogP contribution in [0.15, 0.2) is 22.0 Å². The van der Waals surface area contributed by atoms with Gasteiger partial charge in [0.1, 0.15) is 0 Å². The minimum Gasteiger partial charge on any atom is -0.264 e. The van der Waals surface area contributed by atoms with Crippen molar-refractivity contribution in [2.45, 2.75) is 32.6 Å². The van der Waals surface area contributed by atoms with E-state index in [1.165, 1.54) is 5.56 Å². The van der Waals surface area contributed by atoms with E-state index in [0.717, 1.165) is 16.1 Å². The Labute approximate surface area is 86.3 Å². The van der Waals surface area contributed by atoms with Gasteiger partial charge in [0.25, 0.3) is 0 Å². The number of aliphatic imine (C=N–C) groups is 1. The van der Waals surface area contributed by atoms with Crippen LogP contribution in [0.4, 0.5) is 5.69 Å². The van der Waals surface area contributed by atoms with Crippen molar-refractivity contribution in [3.8, 4) is 0 Å². The van der Waals surface area contributed by atoms with Crippen LogP contribution in [0, 0.1) is 13.8 Å². The van der Waals surface area contributed by atoms with Gasteiger partial charge in [-0.3, -0.25) is 4.99 Å². The molecule has 1 rings (SSSR count). The first-order valence-corrected chi connectivity index (χ1v) is 4.87. The van der Waals surface area contributed by atoms with Crippen LogP contribution in [0.3, 0.4) is 0 Å². The van der Waals surface area contributed by atoms with Crippen molar-refractivity contribution in [2.24, 2.45) is 4.99 Å². The zero-order chi connectivity index (χ0) is 10.4. The predicted molar refractivity (Wildman–Crippen MR) is 63.7 cm³/mol. The lowest BCUT2D eigenvalue weighted by molar-refractivity contribution is 1.22. The van der Waals surface area contributed by atoms with E-state index in [9.17, 15) is 0 Å². The molecule has 0 saturated carbocycles. The molecule has 0 heterocycles. The van der Waals surface area contributed by atoms with Gasteiger partial charge in [0.15, 0.2) is 0 Å². The highest BCUT2D eigenvalue weighted by Gasteiger charge is 2.00. The van der Waals surface area contributed by atoms with Gasteiger partial charge in [-0.25, -0.2) is 0 Å². The van der Waals surface area contributed by atoms with Crippen molar-refractivity contribution in [3.05, 3.63) is 23.3 Å². The van der Waals surface area contributed by atoms with Gasteiger partial charge in [0, 0.05) is 4.90 Å². The Hall–Kier alpha value is -0.760. The molecule has 0 fully saturated rings. The number of rotatable bonds is 1. The average Bonchev–Trinajstić information content (AvgIpc) is 2.18. The number of nitrogens with zero attached hydrogens (tertiary/aromatic N) is 1. The maximum absolute atomic E-state index is 4.29. The van der Waals surface area contributed by atoms with Crippen molar-refractivity contribution in [3.63, 3.8) is 0 Å². The van der Waals surface area contributed by atoms with Crippen molar-refractivity contribution in [2.75, 3.05) is 0 Å². The molecule has 0 saturated heterocycles. The van der Waals surface area contributed by atoms with E-state index in [1.807, 2.05) is 39.8 Å². The van der Waals surface area contributed by atoms with Gasteiger partial charge in [-0.2, -0.15) is 0 Å². The Morgan fingerprint density at radius 2 is 1.69 bits per heavy atom. The molecule has 13 heavy (non-hydrogen) atoms. The van der Waals surface area contributed by atoms with Gasteiger partial charge >= 0.3 is 0 Å². The molecule has 72 valence electrons. The summed E-state index contributed by atoms with van der Waals surface area (Å²) in [5, 5.41) is 0. The summed E-state index contributed by atoms with van der Waals surface area (Å²) in [4.78, 5) is 4.90. The Bertz CT molecular complexity index is 292. The zero-order valence-electron chi connectivity index (χ0n) is 8.76. The largest absolute Gasteiger partial charge is 0.264 e. The summed E-state index contributed by atoms with van der Waals surface area (Å²) in [5.74, 6) is 0. The predicted octanol–water partition coefficient (Wildman–Crippen LogP) is 3.95. The molecule has 1 nitrogen and oxygen atoms in total. The van der Waals surface area contributed by atoms with E-state index in [-0.39, 0.29) is 0 Å². The first-order valence-electron chi connectivity index (χ1n) is 4.42. The van der Waals surface area contributed by atoms with E-state index in [2.05, 4.69) is 24.3 Å². The van der Waals surface area contributed by atoms with Crippen LogP contribution in [0.2, 0.25) is 0 Å². The Morgan fingerprint density at radius 3 is 2.15 bits per heavy atom. The fourth-order valence-electron chi connectivity index (χ4n) is 0.963. The number of hydrogen-bond acceptors (Lipinski definition) is 2. The highest BCUT2D eigenvalue weighted by Crippen LogP contribution is 2.25. The molecule has 1 aromatic rings. The first-order chi connectivity index (χ1) is 6.16. The zero-order valence-corrected chi connectivity index (χ0v) is 9.65. The second-order valence-electron chi connectivity index (χ2n) is 2.51. The quantitative estimate of drug-likeness (QED) is 0.514. The average molecular weight is 195 g/mol. The Morgan fingerprint density at radius 1 is 1.15 bits per heavy atom. The van der Waals surface area contributed by atoms with Gasteiger partial charge in [0.2, 0.25) is 0 Å². The van der Waals surface area contributed by atoms with E-state index >= 15 is 0 Å². The van der Waals surface area contributed by atoms with Crippen LogP contribution in [0.25, 0.3) is 0 Å². The van der Waals surface area contributed by atoms with Crippen molar-refractivity contribution >= 4 is 25.0 Å². The van der Waals surface area contributed by atoms with E-state index in [0.29, 0.717) is 0 Å². The highest BCUT2D eigenvalue weighted by atomic mass is 32.1. The van der Waals surface area contributed by atoms with Crippen molar-refractivity contribution in [1.82, 2.24) is 0 Å².